The van der Waals surface area contributed by atoms with Crippen molar-refractivity contribution in [3.05, 3.63) is 0 Å². The van der Waals surface area contributed by atoms with Crippen molar-refractivity contribution in [2.45, 2.75) is 107 Å². The number of carbonyl (C=O) groups excluding carboxylic acids is 1. The van der Waals surface area contributed by atoms with E-state index in [-0.39, 0.29) is 26.1 Å². The van der Waals surface area contributed by atoms with Crippen molar-refractivity contribution in [1.82, 2.24) is 0 Å². The molecule has 212 valence electrons. The summed E-state index contributed by atoms with van der Waals surface area (Å²) in [5.41, 5.74) is 0. The maximum absolute atomic E-state index is 12.8. The molecule has 0 radical (unpaired) electrons. The molecule has 0 aliphatic carbocycles. The van der Waals surface area contributed by atoms with Crippen LogP contribution in [0, 0.1) is 11.8 Å². The van der Waals surface area contributed by atoms with Crippen molar-refractivity contribution < 1.29 is 59.5 Å². The standard InChI is InChI=1S/C24H44O12/c1-3-4-5-6-10-33-23(32)14(8-7-9-25)21-19(30)20(31)22(16(12-27)34-21)36-24-18(29)13(2)17(28)15(11-26)35-24/h13-22,24-31H,3-12H2,1-2H3/t13?,14?,15-,16-,17-,18-,19-,20-,21?,22-,24?/m1/s1. The van der Waals surface area contributed by atoms with Crippen LogP contribution < -0.4 is 0 Å². The van der Waals surface area contributed by atoms with Crippen LogP contribution in [0.3, 0.4) is 0 Å². The van der Waals surface area contributed by atoms with Gasteiger partial charge in [-0.25, -0.2) is 0 Å². The number of esters is 1. The van der Waals surface area contributed by atoms with E-state index in [4.69, 9.17) is 18.9 Å². The van der Waals surface area contributed by atoms with Crippen molar-refractivity contribution in [2.75, 3.05) is 26.4 Å². The Bertz CT molecular complexity index is 632. The smallest absolute Gasteiger partial charge is 0.311 e. The second kappa shape index (κ2) is 15.5. The highest BCUT2D eigenvalue weighted by molar-refractivity contribution is 5.73. The van der Waals surface area contributed by atoms with Gasteiger partial charge in [-0.3, -0.25) is 4.79 Å². The molecular formula is C24H44O12. The lowest BCUT2D eigenvalue weighted by molar-refractivity contribution is -0.337. The van der Waals surface area contributed by atoms with Gasteiger partial charge in [0.1, 0.15) is 36.6 Å². The SMILES string of the molecule is CCCCCCOC(=O)C(CCCO)C1O[C@H](CO)[C@@H](OC2O[C@H](CO)[C@H](O)C(C)[C@H]2O)[C@H](O)[C@H]1O. The van der Waals surface area contributed by atoms with Crippen LogP contribution in [0.25, 0.3) is 0 Å². The van der Waals surface area contributed by atoms with E-state index in [0.29, 0.717) is 6.42 Å². The van der Waals surface area contributed by atoms with E-state index >= 15 is 0 Å². The van der Waals surface area contributed by atoms with Gasteiger partial charge < -0.3 is 54.7 Å². The molecule has 0 aromatic heterocycles. The number of aliphatic hydroxyl groups excluding tert-OH is 7. The normalized spacial score (nSPS) is 38.0. The third-order valence-electron chi connectivity index (χ3n) is 7.03. The molecule has 7 N–H and O–H groups in total. The zero-order valence-corrected chi connectivity index (χ0v) is 21.1. The maximum Gasteiger partial charge on any atom is 0.311 e. The van der Waals surface area contributed by atoms with Gasteiger partial charge in [0.05, 0.1) is 37.9 Å². The summed E-state index contributed by atoms with van der Waals surface area (Å²) in [4.78, 5) is 12.8. The number of aliphatic hydroxyl groups is 7. The van der Waals surface area contributed by atoms with Crippen molar-refractivity contribution >= 4 is 5.97 Å². The summed E-state index contributed by atoms with van der Waals surface area (Å²) in [5.74, 6) is -2.37. The lowest BCUT2D eigenvalue weighted by Crippen LogP contribution is -2.64. The molecule has 11 atom stereocenters. The largest absolute Gasteiger partial charge is 0.465 e. The molecule has 0 saturated carbocycles. The van der Waals surface area contributed by atoms with Crippen molar-refractivity contribution in [3.8, 4) is 0 Å². The fourth-order valence-electron chi connectivity index (χ4n) is 4.69. The van der Waals surface area contributed by atoms with Gasteiger partial charge in [0.2, 0.25) is 0 Å². The van der Waals surface area contributed by atoms with E-state index < -0.39 is 86.1 Å². The van der Waals surface area contributed by atoms with Crippen LogP contribution in [0.5, 0.6) is 0 Å². The molecule has 2 saturated heterocycles. The van der Waals surface area contributed by atoms with Crippen LogP contribution in [0.4, 0.5) is 0 Å². The van der Waals surface area contributed by atoms with Crippen molar-refractivity contribution in [2.24, 2.45) is 11.8 Å². The molecule has 12 heteroatoms. The van der Waals surface area contributed by atoms with Gasteiger partial charge in [-0.05, 0) is 19.3 Å². The highest BCUT2D eigenvalue weighted by Gasteiger charge is 2.52. The van der Waals surface area contributed by atoms with Crippen LogP contribution in [-0.2, 0) is 23.7 Å². The molecule has 0 amide bonds. The minimum atomic E-state index is -1.64. The van der Waals surface area contributed by atoms with Gasteiger partial charge >= 0.3 is 5.97 Å². The summed E-state index contributed by atoms with van der Waals surface area (Å²) >= 11 is 0. The van der Waals surface area contributed by atoms with Crippen LogP contribution in [-0.4, -0.2) is 123 Å². The Kier molecular flexibility index (Phi) is 13.4. The summed E-state index contributed by atoms with van der Waals surface area (Å²) in [6, 6.07) is 0. The average molecular weight is 525 g/mol. The van der Waals surface area contributed by atoms with Gasteiger partial charge in [-0.15, -0.1) is 0 Å². The van der Waals surface area contributed by atoms with E-state index in [1.54, 1.807) is 6.92 Å². The first-order chi connectivity index (χ1) is 17.2. The first kappa shape index (κ1) is 31.3. The fourth-order valence-corrected chi connectivity index (χ4v) is 4.69. The third kappa shape index (κ3) is 7.79. The van der Waals surface area contributed by atoms with E-state index in [0.717, 1.165) is 19.3 Å². The molecule has 36 heavy (non-hydrogen) atoms. The summed E-state index contributed by atoms with van der Waals surface area (Å²) in [6.07, 6.45) is -7.99. The minimum Gasteiger partial charge on any atom is -0.465 e. The Hall–Kier alpha value is -0.930. The Morgan fingerprint density at radius 1 is 0.861 bits per heavy atom. The fraction of sp³-hybridized carbons (Fsp3) is 0.958. The number of carbonyl (C=O) groups is 1. The molecule has 2 aliphatic heterocycles. The van der Waals surface area contributed by atoms with Crippen molar-refractivity contribution in [1.29, 1.82) is 0 Å². The summed E-state index contributed by atoms with van der Waals surface area (Å²) in [7, 11) is 0. The van der Waals surface area contributed by atoms with Crippen LogP contribution in [0.1, 0.15) is 52.4 Å². The highest BCUT2D eigenvalue weighted by Crippen LogP contribution is 2.34. The molecule has 2 aliphatic rings. The maximum atomic E-state index is 12.8. The first-order valence-electron chi connectivity index (χ1n) is 12.9. The monoisotopic (exact) mass is 524 g/mol. The van der Waals surface area contributed by atoms with Crippen LogP contribution >= 0.6 is 0 Å². The minimum absolute atomic E-state index is 0.125. The first-order valence-corrected chi connectivity index (χ1v) is 12.9. The van der Waals surface area contributed by atoms with Gasteiger partial charge in [-0.2, -0.15) is 0 Å². The summed E-state index contributed by atoms with van der Waals surface area (Å²) in [6.45, 7) is 2.42. The zero-order chi connectivity index (χ0) is 26.8. The second-order valence-electron chi connectivity index (χ2n) is 9.67. The molecule has 0 bridgehead atoms. The highest BCUT2D eigenvalue weighted by atomic mass is 16.7. The second-order valence-corrected chi connectivity index (χ2v) is 9.67. The molecule has 2 heterocycles. The molecule has 12 nitrogen and oxygen atoms in total. The average Bonchev–Trinajstić information content (AvgIpc) is 2.87. The lowest BCUT2D eigenvalue weighted by atomic mass is 9.85. The molecule has 0 spiro atoms. The molecule has 2 rings (SSSR count). The summed E-state index contributed by atoms with van der Waals surface area (Å²) < 4.78 is 22.4. The van der Waals surface area contributed by atoms with Crippen LogP contribution in [0.2, 0.25) is 0 Å². The van der Waals surface area contributed by atoms with E-state index in [1.165, 1.54) is 0 Å². The summed E-state index contributed by atoms with van der Waals surface area (Å²) in [5, 5.41) is 71.1. The number of hydrogen-bond donors (Lipinski definition) is 7. The Morgan fingerprint density at radius 2 is 1.56 bits per heavy atom. The topological polar surface area (TPSA) is 196 Å². The number of hydrogen-bond acceptors (Lipinski definition) is 12. The molecule has 0 aromatic carbocycles. The zero-order valence-electron chi connectivity index (χ0n) is 21.1. The molecule has 4 unspecified atom stereocenters. The molecule has 0 aromatic rings. The predicted molar refractivity (Wildman–Crippen MR) is 124 cm³/mol. The Labute approximate surface area is 211 Å². The van der Waals surface area contributed by atoms with Gasteiger partial charge in [0.25, 0.3) is 0 Å². The van der Waals surface area contributed by atoms with Gasteiger partial charge in [0, 0.05) is 12.5 Å². The van der Waals surface area contributed by atoms with E-state index in [2.05, 4.69) is 6.92 Å². The molecular weight excluding hydrogens is 480 g/mol. The Balaban J connectivity index is 2.12. The number of rotatable bonds is 14. The van der Waals surface area contributed by atoms with E-state index in [1.807, 2.05) is 0 Å². The number of ether oxygens (including phenoxy) is 4. The lowest BCUT2D eigenvalue weighted by Gasteiger charge is -2.47. The van der Waals surface area contributed by atoms with E-state index in [9.17, 15) is 40.5 Å². The Morgan fingerprint density at radius 3 is 2.17 bits per heavy atom. The van der Waals surface area contributed by atoms with Crippen LogP contribution in [0.15, 0.2) is 0 Å². The van der Waals surface area contributed by atoms with Gasteiger partial charge in [-0.1, -0.05) is 33.1 Å². The molecule has 2 fully saturated rings. The number of unbranched alkanes of at least 4 members (excludes halogenated alkanes) is 3. The van der Waals surface area contributed by atoms with Gasteiger partial charge in [0.15, 0.2) is 6.29 Å². The third-order valence-corrected chi connectivity index (χ3v) is 7.03. The van der Waals surface area contributed by atoms with Crippen molar-refractivity contribution in [3.63, 3.8) is 0 Å². The predicted octanol–water partition coefficient (Wildman–Crippen LogP) is -1.56. The quantitative estimate of drug-likeness (QED) is 0.102.